The van der Waals surface area contributed by atoms with E-state index in [-0.39, 0.29) is 24.8 Å². The summed E-state index contributed by atoms with van der Waals surface area (Å²) in [5.41, 5.74) is 5.37. The van der Waals surface area contributed by atoms with Gasteiger partial charge in [0.05, 0.1) is 5.92 Å². The summed E-state index contributed by atoms with van der Waals surface area (Å²) in [6.45, 7) is 0.121. The molecular formula is C9H18BNO4. The number of rotatable bonds is 5. The van der Waals surface area contributed by atoms with E-state index < -0.39 is 13.2 Å². The summed E-state index contributed by atoms with van der Waals surface area (Å²) >= 11 is 0. The van der Waals surface area contributed by atoms with Crippen molar-refractivity contribution in [3.05, 3.63) is 0 Å². The molecule has 0 radical (unpaired) electrons. The molecule has 1 rings (SSSR count). The molecule has 15 heavy (non-hydrogen) atoms. The third kappa shape index (κ3) is 4.19. The molecule has 1 fully saturated rings. The van der Waals surface area contributed by atoms with Crippen LogP contribution in [0.1, 0.15) is 25.7 Å². The summed E-state index contributed by atoms with van der Waals surface area (Å²) in [5.74, 6) is -0.265. The molecule has 1 saturated carbocycles. The van der Waals surface area contributed by atoms with Gasteiger partial charge in [0.25, 0.3) is 0 Å². The molecular weight excluding hydrogens is 197 g/mol. The zero-order valence-electron chi connectivity index (χ0n) is 8.76. The van der Waals surface area contributed by atoms with Gasteiger partial charge in [0, 0.05) is 12.9 Å². The lowest BCUT2D eigenvalue weighted by molar-refractivity contribution is -0.152. The summed E-state index contributed by atoms with van der Waals surface area (Å²) in [6.07, 6.45) is 3.27. The number of hydrogen-bond acceptors (Lipinski definition) is 5. The van der Waals surface area contributed by atoms with Gasteiger partial charge in [-0.3, -0.25) is 4.79 Å². The maximum absolute atomic E-state index is 11.6. The smallest absolute Gasteiger partial charge is 0.455 e. The molecule has 0 aromatic heterocycles. The zero-order chi connectivity index (χ0) is 11.3. The molecule has 1 aliphatic rings. The summed E-state index contributed by atoms with van der Waals surface area (Å²) in [7, 11) is -1.48. The lowest BCUT2D eigenvalue weighted by Gasteiger charge is -2.17. The zero-order valence-corrected chi connectivity index (χ0v) is 8.76. The van der Waals surface area contributed by atoms with Crippen LogP contribution in [0.4, 0.5) is 0 Å². The van der Waals surface area contributed by atoms with Gasteiger partial charge in [-0.1, -0.05) is 12.8 Å². The predicted molar refractivity (Wildman–Crippen MR) is 55.9 cm³/mol. The monoisotopic (exact) mass is 215 g/mol. The first kappa shape index (κ1) is 12.5. The van der Waals surface area contributed by atoms with Gasteiger partial charge in [-0.2, -0.15) is 0 Å². The van der Waals surface area contributed by atoms with Crippen LogP contribution in [-0.2, 0) is 9.53 Å². The standard InChI is InChI=1S/C9H18BNO4/c11-6-8(5-10(13)14)15-9(12)7-3-1-2-4-7/h7-8,13-14H,1-6,11H2/t8-/m1/s1. The van der Waals surface area contributed by atoms with E-state index >= 15 is 0 Å². The Labute approximate surface area is 89.7 Å². The highest BCUT2D eigenvalue weighted by atomic mass is 16.5. The highest BCUT2D eigenvalue weighted by Crippen LogP contribution is 2.26. The van der Waals surface area contributed by atoms with E-state index in [0.29, 0.717) is 0 Å². The van der Waals surface area contributed by atoms with E-state index in [2.05, 4.69) is 0 Å². The predicted octanol–water partition coefficient (Wildman–Crippen LogP) is -0.480. The third-order valence-electron chi connectivity index (χ3n) is 2.71. The van der Waals surface area contributed by atoms with Crippen LogP contribution >= 0.6 is 0 Å². The molecule has 5 nitrogen and oxygen atoms in total. The van der Waals surface area contributed by atoms with Crippen molar-refractivity contribution in [1.29, 1.82) is 0 Å². The summed E-state index contributed by atoms with van der Waals surface area (Å²) in [6, 6.07) is 0. The summed E-state index contributed by atoms with van der Waals surface area (Å²) in [5, 5.41) is 17.5. The minimum Gasteiger partial charge on any atom is -0.461 e. The van der Waals surface area contributed by atoms with Gasteiger partial charge in [0.15, 0.2) is 0 Å². The van der Waals surface area contributed by atoms with Crippen molar-refractivity contribution in [3.63, 3.8) is 0 Å². The molecule has 0 saturated heterocycles. The quantitative estimate of drug-likeness (QED) is 0.425. The van der Waals surface area contributed by atoms with Gasteiger partial charge in [-0.05, 0) is 12.8 Å². The van der Waals surface area contributed by atoms with Crippen LogP contribution in [0, 0.1) is 5.92 Å². The lowest BCUT2D eigenvalue weighted by atomic mass is 9.83. The van der Waals surface area contributed by atoms with E-state index in [9.17, 15) is 4.79 Å². The van der Waals surface area contributed by atoms with Gasteiger partial charge < -0.3 is 20.5 Å². The Bertz CT molecular complexity index is 206. The molecule has 86 valence electrons. The number of carbonyl (C=O) groups is 1. The molecule has 4 N–H and O–H groups in total. The molecule has 0 unspecified atom stereocenters. The van der Waals surface area contributed by atoms with Crippen LogP contribution < -0.4 is 5.73 Å². The van der Waals surface area contributed by atoms with Crippen molar-refractivity contribution < 1.29 is 19.6 Å². The minimum absolute atomic E-state index is 0.0186. The van der Waals surface area contributed by atoms with Crippen molar-refractivity contribution in [3.8, 4) is 0 Å². The van der Waals surface area contributed by atoms with Gasteiger partial charge in [-0.15, -0.1) is 0 Å². The Morgan fingerprint density at radius 3 is 2.53 bits per heavy atom. The van der Waals surface area contributed by atoms with Crippen LogP contribution in [0.5, 0.6) is 0 Å². The molecule has 1 aliphatic carbocycles. The number of hydrogen-bond donors (Lipinski definition) is 3. The van der Waals surface area contributed by atoms with Gasteiger partial charge in [-0.25, -0.2) is 0 Å². The molecule has 6 heteroatoms. The first-order chi connectivity index (χ1) is 7.13. The topological polar surface area (TPSA) is 92.8 Å². The lowest BCUT2D eigenvalue weighted by Crippen LogP contribution is -2.33. The molecule has 1 atom stereocenters. The average molecular weight is 215 g/mol. The summed E-state index contributed by atoms with van der Waals surface area (Å²) < 4.78 is 5.11. The maximum Gasteiger partial charge on any atom is 0.455 e. The van der Waals surface area contributed by atoms with Crippen LogP contribution in [-0.4, -0.2) is 35.8 Å². The van der Waals surface area contributed by atoms with E-state index in [1.165, 1.54) is 0 Å². The largest absolute Gasteiger partial charge is 0.461 e. The Kier molecular flexibility index (Phi) is 5.07. The Morgan fingerprint density at radius 2 is 2.07 bits per heavy atom. The Hall–Kier alpha value is -0.585. The van der Waals surface area contributed by atoms with Crippen LogP contribution in [0.25, 0.3) is 0 Å². The van der Waals surface area contributed by atoms with Crippen molar-refractivity contribution in [2.24, 2.45) is 11.7 Å². The van der Waals surface area contributed by atoms with E-state index in [0.717, 1.165) is 25.7 Å². The van der Waals surface area contributed by atoms with E-state index in [1.54, 1.807) is 0 Å². The fraction of sp³-hybridized carbons (Fsp3) is 0.889. The average Bonchev–Trinajstić information content (AvgIpc) is 2.68. The molecule has 0 aromatic carbocycles. The molecule has 0 amide bonds. The fourth-order valence-electron chi connectivity index (χ4n) is 1.85. The molecule has 0 heterocycles. The molecule has 0 bridgehead atoms. The molecule has 0 spiro atoms. The van der Waals surface area contributed by atoms with Crippen LogP contribution in [0.3, 0.4) is 0 Å². The van der Waals surface area contributed by atoms with E-state index in [4.69, 9.17) is 20.5 Å². The van der Waals surface area contributed by atoms with E-state index in [1.807, 2.05) is 0 Å². The maximum atomic E-state index is 11.6. The molecule has 0 aromatic rings. The number of carbonyl (C=O) groups excluding carboxylic acids is 1. The highest BCUT2D eigenvalue weighted by molar-refractivity contribution is 6.41. The SMILES string of the molecule is NC[C@@H](CB(O)O)OC(=O)C1CCCC1. The van der Waals surface area contributed by atoms with Gasteiger partial charge >= 0.3 is 13.1 Å². The van der Waals surface area contributed by atoms with Crippen molar-refractivity contribution in [2.45, 2.75) is 38.1 Å². The van der Waals surface area contributed by atoms with Crippen LogP contribution in [0.2, 0.25) is 6.32 Å². The minimum atomic E-state index is -1.48. The highest BCUT2D eigenvalue weighted by Gasteiger charge is 2.27. The van der Waals surface area contributed by atoms with Crippen molar-refractivity contribution in [2.75, 3.05) is 6.54 Å². The normalized spacial score (nSPS) is 18.9. The Balaban J connectivity index is 2.33. The number of esters is 1. The number of nitrogens with two attached hydrogens (primary N) is 1. The van der Waals surface area contributed by atoms with Gasteiger partial charge in [0.2, 0.25) is 0 Å². The Morgan fingerprint density at radius 1 is 1.47 bits per heavy atom. The first-order valence-corrected chi connectivity index (χ1v) is 5.40. The second kappa shape index (κ2) is 6.10. The molecule has 0 aliphatic heterocycles. The fourth-order valence-corrected chi connectivity index (χ4v) is 1.85. The third-order valence-corrected chi connectivity index (χ3v) is 2.71. The van der Waals surface area contributed by atoms with Crippen molar-refractivity contribution in [1.82, 2.24) is 0 Å². The second-order valence-electron chi connectivity index (χ2n) is 3.99. The van der Waals surface area contributed by atoms with Crippen LogP contribution in [0.15, 0.2) is 0 Å². The van der Waals surface area contributed by atoms with Crippen molar-refractivity contribution >= 4 is 13.1 Å². The second-order valence-corrected chi connectivity index (χ2v) is 3.99. The van der Waals surface area contributed by atoms with Gasteiger partial charge in [0.1, 0.15) is 6.10 Å². The number of ether oxygens (including phenoxy) is 1. The first-order valence-electron chi connectivity index (χ1n) is 5.40. The summed E-state index contributed by atoms with van der Waals surface area (Å²) in [4.78, 5) is 11.6.